The molecule has 1 fully saturated rings. The van der Waals surface area contributed by atoms with Crippen molar-refractivity contribution in [2.75, 3.05) is 28.3 Å². The zero-order chi connectivity index (χ0) is 30.2. The van der Waals surface area contributed by atoms with E-state index in [1.54, 1.807) is 6.92 Å². The molecule has 0 amide bonds. The van der Waals surface area contributed by atoms with E-state index in [0.29, 0.717) is 4.48 Å². The first-order chi connectivity index (χ1) is 19.1. The number of halogens is 1. The molecule has 2 aromatic carbocycles. The molecule has 12 heteroatoms. The van der Waals surface area contributed by atoms with Gasteiger partial charge in [-0.05, 0) is 19.9 Å². The Morgan fingerprint density at radius 2 is 1.71 bits per heavy atom. The number of carbonyl (C=O) groups excluding carboxylic acids is 3. The molecule has 3 aliphatic rings. The minimum atomic E-state index is -1.99. The summed E-state index contributed by atoms with van der Waals surface area (Å²) in [4.78, 5) is 40.0. The molecule has 4 N–H and O–H groups in total. The molecule has 228 valence electrons. The molecular weight excluding hydrogens is 661 g/mol. The van der Waals surface area contributed by atoms with E-state index in [2.05, 4.69) is 0 Å². The van der Waals surface area contributed by atoms with E-state index in [0.717, 1.165) is 0 Å². The highest BCUT2D eigenvalue weighted by atomic mass is 127. The third kappa shape index (κ3) is 5.01. The van der Waals surface area contributed by atoms with Crippen molar-refractivity contribution < 1.29 is 77.5 Å². The van der Waals surface area contributed by atoms with Gasteiger partial charge in [0, 0.05) is 29.5 Å². The maximum Gasteiger partial charge on any atom is 0.202 e. The SMILES string of the molecule is COc1cccc2c1C(=O)c1c(O)c3c(c(O)c1C2=O)C[C@@](O)(C(C)=O)C[C@@H]3O[C@@H]1C[C@H]([N+](C)(C)C)[C@H](O)[C@H](C)O1.[I-]. The normalized spacial score (nSPS) is 28.7. The Morgan fingerprint density at radius 1 is 1.07 bits per heavy atom. The molecule has 1 aliphatic heterocycles. The van der Waals surface area contributed by atoms with Gasteiger partial charge in [0.25, 0.3) is 0 Å². The van der Waals surface area contributed by atoms with Gasteiger partial charge in [0.2, 0.25) is 5.78 Å². The molecule has 11 nitrogen and oxygen atoms in total. The van der Waals surface area contributed by atoms with E-state index in [1.807, 2.05) is 21.1 Å². The molecule has 0 unspecified atom stereocenters. The number of Topliss-reactive ketones (excluding diaryl/α,β-unsaturated/α-hetero) is 1. The molecule has 0 radical (unpaired) electrons. The van der Waals surface area contributed by atoms with Crippen molar-refractivity contribution in [2.24, 2.45) is 0 Å². The third-order valence-corrected chi connectivity index (χ3v) is 8.72. The van der Waals surface area contributed by atoms with Crippen LogP contribution in [0.2, 0.25) is 0 Å². The van der Waals surface area contributed by atoms with Crippen molar-refractivity contribution in [3.8, 4) is 17.2 Å². The lowest BCUT2D eigenvalue weighted by atomic mass is 9.72. The van der Waals surface area contributed by atoms with Gasteiger partial charge in [-0.25, -0.2) is 0 Å². The summed E-state index contributed by atoms with van der Waals surface area (Å²) in [5.41, 5.74) is -2.91. The van der Waals surface area contributed by atoms with Crippen LogP contribution in [0.3, 0.4) is 0 Å². The average Bonchev–Trinajstić information content (AvgIpc) is 2.89. The Morgan fingerprint density at radius 3 is 2.31 bits per heavy atom. The Labute approximate surface area is 260 Å². The number of quaternary nitrogens is 1. The minimum Gasteiger partial charge on any atom is -1.00 e. The fourth-order valence-electron chi connectivity index (χ4n) is 6.37. The van der Waals surface area contributed by atoms with Crippen molar-refractivity contribution in [1.29, 1.82) is 0 Å². The summed E-state index contributed by atoms with van der Waals surface area (Å²) >= 11 is 0. The summed E-state index contributed by atoms with van der Waals surface area (Å²) in [6, 6.07) is 4.19. The van der Waals surface area contributed by atoms with Crippen LogP contribution in [0.1, 0.15) is 75.8 Å². The van der Waals surface area contributed by atoms with Crippen LogP contribution in [0.15, 0.2) is 18.2 Å². The standard InChI is InChI=1S/C30H35NO10.HI/c1-13-25(33)17(31(3,4)5)10-20(40-13)41-19-12-30(38,14(2)32)11-16-22(19)29(37)24-23(27(16)35)26(34)15-8-7-9-18(39-6)21(15)28(24)36;/h7-9,13,17,19-20,25,33,38H,10-12H2,1-6H3,(H-,34,35,36,37);1H/t13-,17-,19-,20+,25+,30-;/m0./s1. The van der Waals surface area contributed by atoms with Gasteiger partial charge in [-0.15, -0.1) is 0 Å². The molecule has 1 heterocycles. The number of likely N-dealkylation sites (N-methyl/N-ethyl adjacent to an activating group) is 1. The first kappa shape index (κ1) is 32.3. The smallest absolute Gasteiger partial charge is 0.202 e. The average molecular weight is 698 g/mol. The number of ether oxygens (including phenoxy) is 3. The molecule has 6 atom stereocenters. The van der Waals surface area contributed by atoms with Crippen LogP contribution in [0.5, 0.6) is 17.2 Å². The molecule has 0 spiro atoms. The molecular formula is C30H36INO10. The lowest BCUT2D eigenvalue weighted by Crippen LogP contribution is -3.00. The number of hydrogen-bond acceptors (Lipinski definition) is 10. The second-order valence-corrected chi connectivity index (χ2v) is 12.2. The van der Waals surface area contributed by atoms with Gasteiger partial charge in [-0.1, -0.05) is 12.1 Å². The van der Waals surface area contributed by atoms with Gasteiger partial charge in [-0.3, -0.25) is 14.4 Å². The number of aliphatic hydroxyl groups is 2. The summed E-state index contributed by atoms with van der Waals surface area (Å²) in [5.74, 6) is -3.07. The third-order valence-electron chi connectivity index (χ3n) is 8.72. The molecule has 0 bridgehead atoms. The zero-order valence-electron chi connectivity index (χ0n) is 24.3. The Hall–Kier alpha value is -2.62. The minimum absolute atomic E-state index is 0. The second-order valence-electron chi connectivity index (χ2n) is 12.2. The topological polar surface area (TPSA) is 160 Å². The highest BCUT2D eigenvalue weighted by Gasteiger charge is 2.50. The largest absolute Gasteiger partial charge is 1.00 e. The lowest BCUT2D eigenvalue weighted by molar-refractivity contribution is -0.903. The Balaban J connectivity index is 0.00000405. The maximum atomic E-state index is 13.8. The highest BCUT2D eigenvalue weighted by molar-refractivity contribution is 6.31. The monoisotopic (exact) mass is 697 g/mol. The first-order valence-corrected chi connectivity index (χ1v) is 13.5. The number of fused-ring (bicyclic) bond motifs is 3. The second kappa shape index (κ2) is 11.1. The van der Waals surface area contributed by atoms with E-state index in [4.69, 9.17) is 14.2 Å². The molecule has 2 aromatic rings. The van der Waals surface area contributed by atoms with Crippen molar-refractivity contribution in [3.63, 3.8) is 0 Å². The molecule has 42 heavy (non-hydrogen) atoms. The van der Waals surface area contributed by atoms with E-state index in [1.165, 1.54) is 32.2 Å². The van der Waals surface area contributed by atoms with Crippen LogP contribution in [0, 0.1) is 0 Å². The van der Waals surface area contributed by atoms with E-state index in [-0.39, 0.29) is 70.9 Å². The number of aliphatic hydroxyl groups excluding tert-OH is 1. The number of aromatic hydroxyl groups is 2. The number of benzene rings is 2. The van der Waals surface area contributed by atoms with Gasteiger partial charge in [0.1, 0.15) is 35.0 Å². The summed E-state index contributed by atoms with van der Waals surface area (Å²) in [6.07, 6.45) is -3.97. The van der Waals surface area contributed by atoms with Crippen molar-refractivity contribution in [3.05, 3.63) is 51.6 Å². The number of phenols is 2. The Bertz CT molecular complexity index is 1470. The number of rotatable bonds is 5. The predicted octanol–water partition coefficient (Wildman–Crippen LogP) is -1.22. The van der Waals surface area contributed by atoms with Crippen LogP contribution in [0.4, 0.5) is 0 Å². The van der Waals surface area contributed by atoms with E-state index >= 15 is 0 Å². The molecule has 0 saturated carbocycles. The maximum absolute atomic E-state index is 13.8. The van der Waals surface area contributed by atoms with Gasteiger partial charge in [0.15, 0.2) is 17.9 Å². The van der Waals surface area contributed by atoms with Gasteiger partial charge in [-0.2, -0.15) is 0 Å². The predicted molar refractivity (Wildman–Crippen MR) is 144 cm³/mol. The summed E-state index contributed by atoms with van der Waals surface area (Å²) in [6.45, 7) is 2.91. The number of hydrogen-bond donors (Lipinski definition) is 4. The van der Waals surface area contributed by atoms with Crippen molar-refractivity contribution in [2.45, 2.75) is 69.4 Å². The quantitative estimate of drug-likeness (QED) is 0.145. The van der Waals surface area contributed by atoms with Crippen LogP contribution in [0.25, 0.3) is 0 Å². The van der Waals surface area contributed by atoms with Crippen LogP contribution in [-0.2, 0) is 20.7 Å². The summed E-state index contributed by atoms with van der Waals surface area (Å²) < 4.78 is 18.0. The molecule has 5 rings (SSSR count). The van der Waals surface area contributed by atoms with Crippen LogP contribution >= 0.6 is 0 Å². The first-order valence-electron chi connectivity index (χ1n) is 13.5. The Kier molecular flexibility index (Phi) is 8.57. The lowest BCUT2D eigenvalue weighted by Gasteiger charge is -2.46. The number of carbonyl (C=O) groups is 3. The number of ketones is 3. The number of phenolic OH excluding ortho intramolecular Hbond substituents is 2. The molecule has 1 saturated heterocycles. The van der Waals surface area contributed by atoms with Crippen LogP contribution < -0.4 is 28.7 Å². The molecule has 0 aromatic heterocycles. The van der Waals surface area contributed by atoms with Gasteiger partial charge >= 0.3 is 0 Å². The highest BCUT2D eigenvalue weighted by Crippen LogP contribution is 2.52. The number of nitrogens with zero attached hydrogens (tertiary/aromatic N) is 1. The van der Waals surface area contributed by atoms with Crippen molar-refractivity contribution >= 4 is 17.3 Å². The fraction of sp³-hybridized carbons (Fsp3) is 0.500. The van der Waals surface area contributed by atoms with Crippen LogP contribution in [-0.4, -0.2) is 101 Å². The van der Waals surface area contributed by atoms with Crippen molar-refractivity contribution in [1.82, 2.24) is 0 Å². The van der Waals surface area contributed by atoms with E-state index in [9.17, 15) is 34.8 Å². The summed E-state index contributed by atoms with van der Waals surface area (Å²) in [5, 5.41) is 45.2. The van der Waals surface area contributed by atoms with E-state index < -0.39 is 76.6 Å². The van der Waals surface area contributed by atoms with Gasteiger partial charge in [0.05, 0.1) is 63.6 Å². The van der Waals surface area contributed by atoms with Gasteiger partial charge < -0.3 is 63.1 Å². The summed E-state index contributed by atoms with van der Waals surface area (Å²) in [7, 11) is 7.14. The fourth-order valence-corrected chi connectivity index (χ4v) is 6.37. The zero-order valence-corrected chi connectivity index (χ0v) is 26.5. The number of methoxy groups -OCH3 is 1. The molecule has 2 aliphatic carbocycles.